The Balaban J connectivity index is 0.00000544. The van der Waals surface area contributed by atoms with Gasteiger partial charge in [-0.2, -0.15) is 42.1 Å². The SMILES string of the molecule is O=S(=O)(O)c1cc(S(=O)(=O)O)c2ccc3nn(-c4ccc5c(O)c(N=Nc6cc(CO)c(N=Nc7ccc(N=Nc8ccccc8)cc7)cc6O)ccc5c4)nc3c2c1.[Cu]. The first kappa shape index (κ1) is 41.3. The maximum atomic E-state index is 12.1. The second-order valence-corrected chi connectivity index (χ2v) is 15.6. The zero-order valence-electron chi connectivity index (χ0n) is 30.3. The Morgan fingerprint density at radius 1 is 0.567 bits per heavy atom. The van der Waals surface area contributed by atoms with Crippen LogP contribution in [0, 0.1) is 0 Å². The monoisotopic (exact) mass is 892 g/mol. The van der Waals surface area contributed by atoms with E-state index in [-0.39, 0.29) is 67.4 Å². The minimum Gasteiger partial charge on any atom is -0.506 e. The van der Waals surface area contributed by atoms with Crippen molar-refractivity contribution in [1.29, 1.82) is 0 Å². The van der Waals surface area contributed by atoms with Gasteiger partial charge in [0.1, 0.15) is 33.1 Å². The summed E-state index contributed by atoms with van der Waals surface area (Å²) in [5.74, 6) is -0.547. The zero-order chi connectivity index (χ0) is 41.5. The van der Waals surface area contributed by atoms with Crippen molar-refractivity contribution >= 4 is 86.9 Å². The van der Waals surface area contributed by atoms with E-state index in [9.17, 15) is 41.3 Å². The maximum Gasteiger partial charge on any atom is 0.295 e. The first-order valence-electron chi connectivity index (χ1n) is 17.2. The third-order valence-corrected chi connectivity index (χ3v) is 10.7. The summed E-state index contributed by atoms with van der Waals surface area (Å²) in [6.45, 7) is -0.451. The van der Waals surface area contributed by atoms with Crippen molar-refractivity contribution in [3.8, 4) is 17.2 Å². The van der Waals surface area contributed by atoms with E-state index in [0.717, 1.165) is 6.07 Å². The number of hydrogen-bond donors (Lipinski definition) is 5. The smallest absolute Gasteiger partial charge is 0.295 e. The van der Waals surface area contributed by atoms with Crippen LogP contribution in [0.15, 0.2) is 162 Å². The van der Waals surface area contributed by atoms with Gasteiger partial charge in [-0.3, -0.25) is 9.11 Å². The number of fused-ring (bicyclic) bond motifs is 4. The number of aromatic hydroxyl groups is 2. The van der Waals surface area contributed by atoms with E-state index in [1.807, 2.05) is 30.3 Å². The van der Waals surface area contributed by atoms with Crippen LogP contribution in [-0.2, 0) is 43.9 Å². The standard InChI is InChI=1S/C39H27N9O9S2.Cu/c49-21-23-17-35(36(50)20-34(23)44-42-26-9-7-25(8-10-26)41-40-24-4-2-1-3-5-24)45-43-33-14-6-22-16-27(11-12-29(22)39(33)51)48-46-32-15-13-30-31(38(32)47-48)18-28(58(52,53)54)19-37(30)59(55,56)57;/h1-20,49-51H,21H2,(H,52,53,54)(H,55,56,57);. The fourth-order valence-corrected chi connectivity index (χ4v) is 7.39. The van der Waals surface area contributed by atoms with Crippen LogP contribution in [-0.4, -0.2) is 56.3 Å². The number of aliphatic hydroxyl groups excluding tert-OH is 1. The molecule has 1 radical (unpaired) electrons. The number of phenolic OH excluding ortho intramolecular Hbond substituents is 2. The molecule has 0 amide bonds. The predicted molar refractivity (Wildman–Crippen MR) is 215 cm³/mol. The van der Waals surface area contributed by atoms with Crippen molar-refractivity contribution in [3.63, 3.8) is 0 Å². The number of phenols is 2. The summed E-state index contributed by atoms with van der Waals surface area (Å²) in [7, 11) is -9.78. The van der Waals surface area contributed by atoms with Gasteiger partial charge in [-0.1, -0.05) is 30.3 Å². The molecule has 7 aromatic carbocycles. The van der Waals surface area contributed by atoms with Gasteiger partial charge in [-0.05, 0) is 90.3 Å². The first-order chi connectivity index (χ1) is 28.2. The summed E-state index contributed by atoms with van der Waals surface area (Å²) >= 11 is 0. The first-order valence-corrected chi connectivity index (χ1v) is 20.1. The van der Waals surface area contributed by atoms with Crippen LogP contribution >= 0.6 is 0 Å². The Hall–Kier alpha value is -6.84. The molecule has 0 bridgehead atoms. The average molecular weight is 893 g/mol. The Bertz CT molecular complexity index is 3290. The molecule has 0 saturated carbocycles. The Kier molecular flexibility index (Phi) is 11.3. The molecule has 0 unspecified atom stereocenters. The third-order valence-electron chi connectivity index (χ3n) is 8.95. The van der Waals surface area contributed by atoms with Crippen molar-refractivity contribution in [1.82, 2.24) is 15.0 Å². The maximum absolute atomic E-state index is 12.1. The molecule has 0 spiro atoms. The van der Waals surface area contributed by atoms with Crippen LogP contribution in [0.25, 0.3) is 38.3 Å². The van der Waals surface area contributed by atoms with Gasteiger partial charge in [-0.15, -0.1) is 20.4 Å². The van der Waals surface area contributed by atoms with E-state index in [1.165, 1.54) is 35.1 Å². The Morgan fingerprint density at radius 3 is 1.87 bits per heavy atom. The van der Waals surface area contributed by atoms with E-state index in [0.29, 0.717) is 45.2 Å². The Labute approximate surface area is 349 Å². The average Bonchev–Trinajstić information content (AvgIpc) is 3.67. The molecule has 0 aliphatic rings. The largest absolute Gasteiger partial charge is 0.506 e. The fourth-order valence-electron chi connectivity index (χ4n) is 6.05. The van der Waals surface area contributed by atoms with Crippen LogP contribution < -0.4 is 0 Å². The van der Waals surface area contributed by atoms with Gasteiger partial charge < -0.3 is 15.3 Å². The van der Waals surface area contributed by atoms with E-state index in [4.69, 9.17) is 0 Å². The van der Waals surface area contributed by atoms with Gasteiger partial charge in [0, 0.05) is 44.9 Å². The molecule has 8 rings (SSSR count). The molecule has 18 nitrogen and oxygen atoms in total. The van der Waals surface area contributed by atoms with Gasteiger partial charge in [-0.25, -0.2) is 0 Å². The molecule has 60 heavy (non-hydrogen) atoms. The molecule has 0 aliphatic heterocycles. The summed E-state index contributed by atoms with van der Waals surface area (Å²) in [6, 6.07) is 31.1. The molecule has 0 fully saturated rings. The summed E-state index contributed by atoms with van der Waals surface area (Å²) in [5, 5.41) is 66.6. The van der Waals surface area contributed by atoms with Gasteiger partial charge in [0.2, 0.25) is 0 Å². The topological polar surface area (TPSA) is 274 Å². The van der Waals surface area contributed by atoms with Crippen LogP contribution in [0.2, 0.25) is 0 Å². The quantitative estimate of drug-likeness (QED) is 0.0490. The third kappa shape index (κ3) is 8.49. The van der Waals surface area contributed by atoms with Gasteiger partial charge in [0.25, 0.3) is 20.2 Å². The van der Waals surface area contributed by atoms with Crippen molar-refractivity contribution in [2.75, 3.05) is 0 Å². The summed E-state index contributed by atoms with van der Waals surface area (Å²) in [4.78, 5) is -0.291. The number of aliphatic hydroxyl groups is 1. The normalized spacial score (nSPS) is 12.4. The number of benzene rings is 7. The summed E-state index contributed by atoms with van der Waals surface area (Å²) in [6.07, 6.45) is 0. The molecule has 5 N–H and O–H groups in total. The van der Waals surface area contributed by atoms with Crippen molar-refractivity contribution in [3.05, 3.63) is 127 Å². The van der Waals surface area contributed by atoms with E-state index in [2.05, 4.69) is 40.9 Å². The zero-order valence-corrected chi connectivity index (χ0v) is 32.8. The molecule has 21 heteroatoms. The molecule has 8 aromatic rings. The number of aromatic nitrogens is 3. The van der Waals surface area contributed by atoms with Crippen LogP contribution in [0.1, 0.15) is 5.56 Å². The van der Waals surface area contributed by atoms with Crippen molar-refractivity contribution in [2.45, 2.75) is 16.4 Å². The number of nitrogens with zero attached hydrogens (tertiary/aromatic N) is 9. The Morgan fingerprint density at radius 2 is 1.20 bits per heavy atom. The summed E-state index contributed by atoms with van der Waals surface area (Å²) < 4.78 is 67.6. The van der Waals surface area contributed by atoms with Crippen LogP contribution in [0.4, 0.5) is 34.1 Å². The number of rotatable bonds is 10. The molecule has 305 valence electrons. The second-order valence-electron chi connectivity index (χ2n) is 12.8. The summed E-state index contributed by atoms with van der Waals surface area (Å²) in [5.41, 5.74) is 3.08. The van der Waals surface area contributed by atoms with Crippen LogP contribution in [0.3, 0.4) is 0 Å². The second kappa shape index (κ2) is 16.4. The van der Waals surface area contributed by atoms with Crippen molar-refractivity contribution < 1.29 is 58.3 Å². The van der Waals surface area contributed by atoms with Crippen LogP contribution in [0.5, 0.6) is 11.5 Å². The van der Waals surface area contributed by atoms with Gasteiger partial charge >= 0.3 is 0 Å². The molecule has 1 heterocycles. The predicted octanol–water partition coefficient (Wildman–Crippen LogP) is 9.37. The molecule has 1 aromatic heterocycles. The number of hydrogen-bond acceptors (Lipinski definition) is 15. The molecule has 0 aliphatic carbocycles. The minimum absolute atomic E-state index is 0. The fraction of sp³-hybridized carbons (Fsp3) is 0.0256. The molecular formula is C39H27CuN9O9S2. The van der Waals surface area contributed by atoms with Gasteiger partial charge in [0.05, 0.1) is 39.9 Å². The van der Waals surface area contributed by atoms with E-state index >= 15 is 0 Å². The van der Waals surface area contributed by atoms with E-state index in [1.54, 1.807) is 48.5 Å². The van der Waals surface area contributed by atoms with Gasteiger partial charge in [0.15, 0.2) is 5.75 Å². The molecule has 0 atom stereocenters. The number of azo groups is 3. The molecule has 0 saturated heterocycles. The minimum atomic E-state index is -4.91. The van der Waals surface area contributed by atoms with Crippen molar-refractivity contribution in [2.24, 2.45) is 30.7 Å². The molecular weight excluding hydrogens is 866 g/mol. The van der Waals surface area contributed by atoms with E-state index < -0.39 is 36.6 Å².